The summed E-state index contributed by atoms with van der Waals surface area (Å²) in [5, 5.41) is 11.5. The van der Waals surface area contributed by atoms with Gasteiger partial charge in [-0.15, -0.1) is 0 Å². The van der Waals surface area contributed by atoms with Crippen LogP contribution in [0.4, 0.5) is 0 Å². The molecule has 102 valence electrons. The first-order chi connectivity index (χ1) is 9.11. The fourth-order valence-corrected chi connectivity index (χ4v) is 3.29. The van der Waals surface area contributed by atoms with E-state index in [0.29, 0.717) is 18.2 Å². The van der Waals surface area contributed by atoms with E-state index in [1.807, 2.05) is 19.2 Å². The molecule has 2 unspecified atom stereocenters. The minimum Gasteiger partial charge on any atom is -0.507 e. The SMILES string of the molecule is Cc1c[nH]c2ccc(C3CC(CN)CN3C)c(O)c12. The molecular formula is C15H21N3O. The maximum atomic E-state index is 10.6. The summed E-state index contributed by atoms with van der Waals surface area (Å²) in [4.78, 5) is 5.48. The molecule has 2 aromatic rings. The Bertz CT molecular complexity index is 605. The van der Waals surface area contributed by atoms with Gasteiger partial charge >= 0.3 is 0 Å². The normalized spacial score (nSPS) is 24.4. The zero-order valence-electron chi connectivity index (χ0n) is 11.5. The van der Waals surface area contributed by atoms with Crippen LogP contribution in [0.25, 0.3) is 10.9 Å². The number of phenolic OH excluding ortho intramolecular Hbond substituents is 1. The number of fused-ring (bicyclic) bond motifs is 1. The molecule has 0 aliphatic carbocycles. The summed E-state index contributed by atoms with van der Waals surface area (Å²) < 4.78 is 0. The molecule has 2 atom stereocenters. The van der Waals surface area contributed by atoms with Crippen molar-refractivity contribution in [3.63, 3.8) is 0 Å². The van der Waals surface area contributed by atoms with Crippen molar-refractivity contribution in [2.45, 2.75) is 19.4 Å². The molecule has 4 heteroatoms. The number of hydrogen-bond donors (Lipinski definition) is 3. The highest BCUT2D eigenvalue weighted by Crippen LogP contribution is 2.41. The quantitative estimate of drug-likeness (QED) is 0.774. The molecule has 1 aliphatic rings. The zero-order chi connectivity index (χ0) is 13.6. The van der Waals surface area contributed by atoms with Crippen LogP contribution in [0.2, 0.25) is 0 Å². The van der Waals surface area contributed by atoms with Gasteiger partial charge in [-0.2, -0.15) is 0 Å². The van der Waals surface area contributed by atoms with Gasteiger partial charge in [0.25, 0.3) is 0 Å². The van der Waals surface area contributed by atoms with E-state index in [0.717, 1.165) is 35.0 Å². The maximum Gasteiger partial charge on any atom is 0.129 e. The number of aromatic hydroxyl groups is 1. The van der Waals surface area contributed by atoms with Crippen molar-refractivity contribution in [2.24, 2.45) is 11.7 Å². The van der Waals surface area contributed by atoms with Crippen molar-refractivity contribution in [3.05, 3.63) is 29.5 Å². The first-order valence-electron chi connectivity index (χ1n) is 6.81. The monoisotopic (exact) mass is 259 g/mol. The van der Waals surface area contributed by atoms with Crippen LogP contribution in [0, 0.1) is 12.8 Å². The highest BCUT2D eigenvalue weighted by molar-refractivity contribution is 5.90. The second kappa shape index (κ2) is 4.54. The predicted molar refractivity (Wildman–Crippen MR) is 77.2 cm³/mol. The van der Waals surface area contributed by atoms with Gasteiger partial charge in [0.2, 0.25) is 0 Å². The van der Waals surface area contributed by atoms with Crippen molar-refractivity contribution in [1.82, 2.24) is 9.88 Å². The number of nitrogens with one attached hydrogen (secondary N) is 1. The number of nitrogens with two attached hydrogens (primary N) is 1. The van der Waals surface area contributed by atoms with Gasteiger partial charge in [0.15, 0.2) is 0 Å². The molecule has 1 aliphatic heterocycles. The minimum absolute atomic E-state index is 0.271. The molecule has 4 nitrogen and oxygen atoms in total. The number of likely N-dealkylation sites (tertiary alicyclic amines) is 1. The molecule has 1 aromatic heterocycles. The second-order valence-electron chi connectivity index (χ2n) is 5.69. The largest absolute Gasteiger partial charge is 0.507 e. The number of aromatic amines is 1. The smallest absolute Gasteiger partial charge is 0.129 e. The number of H-pyrrole nitrogens is 1. The molecule has 0 amide bonds. The number of benzene rings is 1. The molecular weight excluding hydrogens is 238 g/mol. The van der Waals surface area contributed by atoms with Gasteiger partial charge in [0.05, 0.1) is 0 Å². The molecule has 1 saturated heterocycles. The number of hydrogen-bond acceptors (Lipinski definition) is 3. The molecule has 0 bridgehead atoms. The van der Waals surface area contributed by atoms with Gasteiger partial charge in [-0.05, 0) is 44.5 Å². The number of phenols is 1. The fraction of sp³-hybridized carbons (Fsp3) is 0.467. The highest BCUT2D eigenvalue weighted by atomic mass is 16.3. The standard InChI is InChI=1S/C15H21N3O/c1-9-7-17-12-4-3-11(15(19)14(9)12)13-5-10(6-16)8-18(13)2/h3-4,7,10,13,17,19H,5-6,8,16H2,1-2H3. The molecule has 4 N–H and O–H groups in total. The Kier molecular flexibility index (Phi) is 2.99. The van der Waals surface area contributed by atoms with E-state index in [9.17, 15) is 5.11 Å². The van der Waals surface area contributed by atoms with Crippen LogP contribution >= 0.6 is 0 Å². The summed E-state index contributed by atoms with van der Waals surface area (Å²) in [5.41, 5.74) is 8.88. The Morgan fingerprint density at radius 3 is 2.95 bits per heavy atom. The van der Waals surface area contributed by atoms with Crippen molar-refractivity contribution in [3.8, 4) is 5.75 Å². The third-order valence-electron chi connectivity index (χ3n) is 4.37. The molecule has 3 rings (SSSR count). The van der Waals surface area contributed by atoms with Crippen LogP contribution < -0.4 is 5.73 Å². The van der Waals surface area contributed by atoms with Crippen molar-refractivity contribution in [2.75, 3.05) is 20.1 Å². The molecule has 0 spiro atoms. The zero-order valence-corrected chi connectivity index (χ0v) is 11.5. The lowest BCUT2D eigenvalue weighted by molar-refractivity contribution is 0.306. The van der Waals surface area contributed by atoms with Crippen molar-refractivity contribution in [1.29, 1.82) is 0 Å². The number of aryl methyl sites for hydroxylation is 1. The van der Waals surface area contributed by atoms with Gasteiger partial charge < -0.3 is 15.8 Å². The van der Waals surface area contributed by atoms with E-state index < -0.39 is 0 Å². The van der Waals surface area contributed by atoms with Gasteiger partial charge in [0, 0.05) is 35.2 Å². The summed E-state index contributed by atoms with van der Waals surface area (Å²) in [6, 6.07) is 4.36. The number of rotatable bonds is 2. The van der Waals surface area contributed by atoms with Gasteiger partial charge in [0.1, 0.15) is 5.75 Å². The van der Waals surface area contributed by atoms with E-state index >= 15 is 0 Å². The molecule has 0 saturated carbocycles. The lowest BCUT2D eigenvalue weighted by Gasteiger charge is -2.21. The number of aromatic nitrogens is 1. The second-order valence-corrected chi connectivity index (χ2v) is 5.69. The summed E-state index contributed by atoms with van der Waals surface area (Å²) in [5.74, 6) is 0.947. The summed E-state index contributed by atoms with van der Waals surface area (Å²) in [6.45, 7) is 3.74. The Morgan fingerprint density at radius 2 is 2.26 bits per heavy atom. The lowest BCUT2D eigenvalue weighted by Crippen LogP contribution is -2.20. The van der Waals surface area contributed by atoms with E-state index in [4.69, 9.17) is 5.73 Å². The Labute approximate surface area is 113 Å². The molecule has 19 heavy (non-hydrogen) atoms. The van der Waals surface area contributed by atoms with Crippen molar-refractivity contribution < 1.29 is 5.11 Å². The van der Waals surface area contributed by atoms with Crippen molar-refractivity contribution >= 4 is 10.9 Å². The maximum absolute atomic E-state index is 10.6. The van der Waals surface area contributed by atoms with Crippen LogP contribution in [0.5, 0.6) is 5.75 Å². The van der Waals surface area contributed by atoms with Crippen LogP contribution in [-0.2, 0) is 0 Å². The average Bonchev–Trinajstić information content (AvgIpc) is 2.94. The molecule has 0 radical (unpaired) electrons. The Hall–Kier alpha value is -1.52. The van der Waals surface area contributed by atoms with Crippen LogP contribution in [0.1, 0.15) is 23.6 Å². The van der Waals surface area contributed by atoms with Gasteiger partial charge in [-0.1, -0.05) is 6.07 Å². The van der Waals surface area contributed by atoms with Crippen LogP contribution in [-0.4, -0.2) is 35.1 Å². The summed E-state index contributed by atoms with van der Waals surface area (Å²) in [6.07, 6.45) is 2.96. The Balaban J connectivity index is 2.06. The lowest BCUT2D eigenvalue weighted by atomic mass is 9.97. The molecule has 1 fully saturated rings. The van der Waals surface area contributed by atoms with Gasteiger partial charge in [-0.3, -0.25) is 4.90 Å². The topological polar surface area (TPSA) is 65.3 Å². The number of nitrogens with zero attached hydrogens (tertiary/aromatic N) is 1. The molecule has 1 aromatic carbocycles. The third-order valence-corrected chi connectivity index (χ3v) is 4.37. The van der Waals surface area contributed by atoms with Gasteiger partial charge in [-0.25, -0.2) is 0 Å². The molecule has 2 heterocycles. The first-order valence-corrected chi connectivity index (χ1v) is 6.81. The summed E-state index contributed by atoms with van der Waals surface area (Å²) >= 11 is 0. The first kappa shape index (κ1) is 12.5. The third kappa shape index (κ3) is 1.91. The summed E-state index contributed by atoms with van der Waals surface area (Å²) in [7, 11) is 2.11. The average molecular weight is 259 g/mol. The highest BCUT2D eigenvalue weighted by Gasteiger charge is 2.31. The van der Waals surface area contributed by atoms with E-state index in [1.54, 1.807) is 0 Å². The van der Waals surface area contributed by atoms with Crippen LogP contribution in [0.3, 0.4) is 0 Å². The van der Waals surface area contributed by atoms with E-state index in [1.165, 1.54) is 0 Å². The minimum atomic E-state index is 0.271. The van der Waals surface area contributed by atoms with Crippen LogP contribution in [0.15, 0.2) is 18.3 Å². The van der Waals surface area contributed by atoms with E-state index in [2.05, 4.69) is 23.0 Å². The fourth-order valence-electron chi connectivity index (χ4n) is 3.29. The van der Waals surface area contributed by atoms with E-state index in [-0.39, 0.29) is 6.04 Å². The Morgan fingerprint density at radius 1 is 1.47 bits per heavy atom. The predicted octanol–water partition coefficient (Wildman–Crippen LogP) is 2.13.